The highest BCUT2D eigenvalue weighted by atomic mass is 79.9. The molecular weight excluding hydrogens is 321 g/mol. The highest BCUT2D eigenvalue weighted by Crippen LogP contribution is 2.33. The predicted molar refractivity (Wildman–Crippen MR) is 76.2 cm³/mol. The Morgan fingerprint density at radius 1 is 1.33 bits per heavy atom. The van der Waals surface area contributed by atoms with Gasteiger partial charge in [0.1, 0.15) is 5.82 Å². The molecule has 102 valence electrons. The summed E-state index contributed by atoms with van der Waals surface area (Å²) in [5, 5.41) is 10.2. The van der Waals surface area contributed by atoms with Gasteiger partial charge in [-0.2, -0.15) is 0 Å². The summed E-state index contributed by atoms with van der Waals surface area (Å²) in [6, 6.07) is 4.29. The predicted octanol–water partition coefficient (Wildman–Crippen LogP) is 3.56. The second kappa shape index (κ2) is 6.85. The van der Waals surface area contributed by atoms with E-state index in [1.54, 1.807) is 12.1 Å². The van der Waals surface area contributed by atoms with Gasteiger partial charge in [0.15, 0.2) is 0 Å². The van der Waals surface area contributed by atoms with Gasteiger partial charge in [-0.1, -0.05) is 18.9 Å². The summed E-state index contributed by atoms with van der Waals surface area (Å²) >= 11 is 3.10. The van der Waals surface area contributed by atoms with Crippen molar-refractivity contribution in [3.63, 3.8) is 0 Å². The minimum atomic E-state index is -0.571. The van der Waals surface area contributed by atoms with Crippen molar-refractivity contribution in [3.05, 3.63) is 34.1 Å². The normalized spacial score (nSPS) is 19.3. The number of benzene rings is 1. The summed E-state index contributed by atoms with van der Waals surface area (Å²) in [5.41, 5.74) is 6.66. The monoisotopic (exact) mass is 337 g/mol. The molecular formula is C13H18BrClFNO. The molecule has 0 heterocycles. The molecule has 0 aromatic heterocycles. The van der Waals surface area contributed by atoms with Crippen molar-refractivity contribution >= 4 is 28.3 Å². The van der Waals surface area contributed by atoms with Crippen LogP contribution >= 0.6 is 28.3 Å². The van der Waals surface area contributed by atoms with Crippen LogP contribution in [0.15, 0.2) is 22.7 Å². The quantitative estimate of drug-likeness (QED) is 0.885. The Balaban J connectivity index is 0.00000162. The van der Waals surface area contributed by atoms with Crippen LogP contribution in [-0.2, 0) is 0 Å². The van der Waals surface area contributed by atoms with Crippen molar-refractivity contribution in [2.24, 2.45) is 11.7 Å². The Morgan fingerprint density at radius 3 is 2.50 bits per heavy atom. The largest absolute Gasteiger partial charge is 0.391 e. The first-order valence-electron chi connectivity index (χ1n) is 5.98. The van der Waals surface area contributed by atoms with E-state index in [0.717, 1.165) is 25.7 Å². The number of rotatable bonds is 3. The Kier molecular flexibility index (Phi) is 6.05. The topological polar surface area (TPSA) is 46.2 Å². The highest BCUT2D eigenvalue weighted by Gasteiger charge is 2.28. The van der Waals surface area contributed by atoms with E-state index in [1.807, 2.05) is 0 Å². The lowest BCUT2D eigenvalue weighted by Crippen LogP contribution is -2.32. The first kappa shape index (κ1) is 15.9. The third-order valence-corrected chi connectivity index (χ3v) is 4.22. The van der Waals surface area contributed by atoms with E-state index < -0.39 is 12.1 Å². The average molecular weight is 339 g/mol. The molecule has 0 bridgehead atoms. The molecule has 0 saturated heterocycles. The minimum absolute atomic E-state index is 0. The minimum Gasteiger partial charge on any atom is -0.391 e. The molecule has 0 unspecified atom stereocenters. The van der Waals surface area contributed by atoms with Crippen LogP contribution in [0.3, 0.4) is 0 Å². The maximum atomic E-state index is 13.4. The van der Waals surface area contributed by atoms with E-state index in [9.17, 15) is 9.50 Å². The molecule has 5 heteroatoms. The van der Waals surface area contributed by atoms with Gasteiger partial charge in [0, 0.05) is 0 Å². The Hall–Kier alpha value is -0.160. The molecule has 18 heavy (non-hydrogen) atoms. The molecule has 2 rings (SSSR count). The van der Waals surface area contributed by atoms with Crippen molar-refractivity contribution in [1.82, 2.24) is 0 Å². The Labute approximate surface area is 121 Å². The summed E-state index contributed by atoms with van der Waals surface area (Å²) in [7, 11) is 0. The zero-order chi connectivity index (χ0) is 12.4. The fraction of sp³-hybridized carbons (Fsp3) is 0.538. The third kappa shape index (κ3) is 3.44. The molecule has 1 aromatic rings. The maximum absolute atomic E-state index is 13.4. The molecule has 1 saturated carbocycles. The fourth-order valence-electron chi connectivity index (χ4n) is 2.51. The lowest BCUT2D eigenvalue weighted by Gasteiger charge is -2.24. The molecule has 1 aliphatic rings. The van der Waals surface area contributed by atoms with Crippen molar-refractivity contribution in [2.75, 3.05) is 0 Å². The zero-order valence-electron chi connectivity index (χ0n) is 9.98. The van der Waals surface area contributed by atoms with Gasteiger partial charge in [-0.25, -0.2) is 4.39 Å². The SMILES string of the molecule is Cl.N[C@@H](c1ccc(Br)c(F)c1)[C@H](O)C1CCCC1. The number of nitrogens with two attached hydrogens (primary N) is 1. The van der Waals surface area contributed by atoms with E-state index in [2.05, 4.69) is 15.9 Å². The summed E-state index contributed by atoms with van der Waals surface area (Å²) in [4.78, 5) is 0. The number of hydrogen-bond acceptors (Lipinski definition) is 2. The van der Waals surface area contributed by atoms with E-state index in [1.165, 1.54) is 6.07 Å². The fourth-order valence-corrected chi connectivity index (χ4v) is 2.76. The number of halogens is 3. The van der Waals surface area contributed by atoms with Gasteiger partial charge in [-0.15, -0.1) is 12.4 Å². The molecule has 0 aliphatic heterocycles. The average Bonchev–Trinajstić information content (AvgIpc) is 2.84. The number of hydrogen-bond donors (Lipinski definition) is 2. The first-order valence-corrected chi connectivity index (χ1v) is 6.77. The van der Waals surface area contributed by atoms with Crippen molar-refractivity contribution in [1.29, 1.82) is 0 Å². The van der Waals surface area contributed by atoms with Crippen LogP contribution in [0, 0.1) is 11.7 Å². The lowest BCUT2D eigenvalue weighted by molar-refractivity contribution is 0.0844. The van der Waals surface area contributed by atoms with Crippen LogP contribution in [0.5, 0.6) is 0 Å². The summed E-state index contributed by atoms with van der Waals surface area (Å²) in [5.74, 6) is -0.0757. The molecule has 2 atom stereocenters. The van der Waals surface area contributed by atoms with Crippen LogP contribution in [0.2, 0.25) is 0 Å². The maximum Gasteiger partial charge on any atom is 0.137 e. The van der Waals surface area contributed by atoms with E-state index in [4.69, 9.17) is 5.73 Å². The molecule has 0 amide bonds. The standard InChI is InChI=1S/C13H17BrFNO.ClH/c14-10-6-5-9(7-11(10)15)12(16)13(17)8-3-1-2-4-8;/h5-8,12-13,17H,1-4,16H2;1H/t12-,13+;/m0./s1. The summed E-state index contributed by atoms with van der Waals surface area (Å²) < 4.78 is 13.8. The van der Waals surface area contributed by atoms with Crippen LogP contribution in [0.1, 0.15) is 37.3 Å². The number of aliphatic hydroxyl groups excluding tert-OH is 1. The molecule has 1 fully saturated rings. The van der Waals surface area contributed by atoms with Crippen molar-refractivity contribution in [3.8, 4) is 0 Å². The van der Waals surface area contributed by atoms with E-state index in [0.29, 0.717) is 10.0 Å². The molecule has 0 spiro atoms. The third-order valence-electron chi connectivity index (χ3n) is 3.58. The Morgan fingerprint density at radius 2 is 1.94 bits per heavy atom. The van der Waals surface area contributed by atoms with E-state index >= 15 is 0 Å². The first-order chi connectivity index (χ1) is 8.09. The zero-order valence-corrected chi connectivity index (χ0v) is 12.4. The number of aliphatic hydroxyl groups is 1. The highest BCUT2D eigenvalue weighted by molar-refractivity contribution is 9.10. The Bertz CT molecular complexity index is 399. The van der Waals surface area contributed by atoms with Gasteiger partial charge in [0.25, 0.3) is 0 Å². The lowest BCUT2D eigenvalue weighted by atomic mass is 9.91. The second-order valence-corrected chi connectivity index (χ2v) is 5.59. The van der Waals surface area contributed by atoms with Crippen molar-refractivity contribution in [2.45, 2.75) is 37.8 Å². The van der Waals surface area contributed by atoms with E-state index in [-0.39, 0.29) is 24.1 Å². The molecule has 1 aliphatic carbocycles. The smallest absolute Gasteiger partial charge is 0.137 e. The summed E-state index contributed by atoms with van der Waals surface area (Å²) in [6.07, 6.45) is 3.78. The van der Waals surface area contributed by atoms with Gasteiger partial charge >= 0.3 is 0 Å². The van der Waals surface area contributed by atoms with Crippen LogP contribution in [-0.4, -0.2) is 11.2 Å². The molecule has 0 radical (unpaired) electrons. The van der Waals surface area contributed by atoms with Crippen LogP contribution in [0.25, 0.3) is 0 Å². The van der Waals surface area contributed by atoms with Crippen LogP contribution in [0.4, 0.5) is 4.39 Å². The van der Waals surface area contributed by atoms with Gasteiger partial charge in [0.05, 0.1) is 16.6 Å². The molecule has 1 aromatic carbocycles. The van der Waals surface area contributed by atoms with Gasteiger partial charge in [0.2, 0.25) is 0 Å². The van der Waals surface area contributed by atoms with Gasteiger partial charge in [-0.3, -0.25) is 0 Å². The van der Waals surface area contributed by atoms with Gasteiger partial charge in [-0.05, 0) is 52.4 Å². The van der Waals surface area contributed by atoms with Crippen LogP contribution < -0.4 is 5.73 Å². The summed E-state index contributed by atoms with van der Waals surface area (Å²) in [6.45, 7) is 0. The second-order valence-electron chi connectivity index (χ2n) is 4.73. The van der Waals surface area contributed by atoms with Crippen molar-refractivity contribution < 1.29 is 9.50 Å². The van der Waals surface area contributed by atoms with Gasteiger partial charge < -0.3 is 10.8 Å². The molecule has 3 N–H and O–H groups in total. The molecule has 2 nitrogen and oxygen atoms in total.